The molecule has 1 heterocycles. The van der Waals surface area contributed by atoms with E-state index in [-0.39, 0.29) is 16.8 Å². The van der Waals surface area contributed by atoms with Crippen molar-refractivity contribution in [2.45, 2.75) is 33.2 Å². The van der Waals surface area contributed by atoms with Crippen LogP contribution >= 0.6 is 0 Å². The standard InChI is InChI=1S/C10H13N3O2/c1-7-11-5-8(12-6-14)9(15)13(7)10(2,3)4/h5H,1-4H3. The lowest BCUT2D eigenvalue weighted by Gasteiger charge is -2.24. The number of isocyanates is 1. The quantitative estimate of drug-likeness (QED) is 0.514. The predicted molar refractivity (Wildman–Crippen MR) is 56.0 cm³/mol. The molecule has 0 spiro atoms. The Labute approximate surface area is 87.5 Å². The maximum absolute atomic E-state index is 11.9. The van der Waals surface area contributed by atoms with Gasteiger partial charge in [0.25, 0.3) is 5.56 Å². The molecular weight excluding hydrogens is 194 g/mol. The second-order valence-electron chi connectivity index (χ2n) is 4.21. The minimum atomic E-state index is -0.386. The van der Waals surface area contributed by atoms with Crippen molar-refractivity contribution in [2.24, 2.45) is 4.99 Å². The molecule has 0 bridgehead atoms. The maximum Gasteiger partial charge on any atom is 0.280 e. The lowest BCUT2D eigenvalue weighted by Crippen LogP contribution is -2.35. The van der Waals surface area contributed by atoms with Gasteiger partial charge in [0.05, 0.1) is 6.20 Å². The smallest absolute Gasteiger partial charge is 0.280 e. The van der Waals surface area contributed by atoms with E-state index in [1.165, 1.54) is 16.8 Å². The molecule has 0 N–H and O–H groups in total. The van der Waals surface area contributed by atoms with Gasteiger partial charge in [0.15, 0.2) is 5.69 Å². The van der Waals surface area contributed by atoms with E-state index in [1.54, 1.807) is 6.92 Å². The van der Waals surface area contributed by atoms with Gasteiger partial charge in [0.1, 0.15) is 5.82 Å². The SMILES string of the molecule is Cc1ncc(N=C=O)c(=O)n1C(C)(C)C. The minimum Gasteiger partial charge on any atom is -0.290 e. The van der Waals surface area contributed by atoms with Crippen LogP contribution in [-0.2, 0) is 10.3 Å². The summed E-state index contributed by atoms with van der Waals surface area (Å²) in [5.41, 5.74) is -0.688. The summed E-state index contributed by atoms with van der Waals surface area (Å²) in [7, 11) is 0. The Hall–Kier alpha value is -1.74. The minimum absolute atomic E-state index is 0.0190. The molecule has 0 aromatic carbocycles. The average Bonchev–Trinajstić information content (AvgIpc) is 2.08. The van der Waals surface area contributed by atoms with Gasteiger partial charge < -0.3 is 0 Å². The van der Waals surface area contributed by atoms with Gasteiger partial charge in [-0.05, 0) is 27.7 Å². The summed E-state index contributed by atoms with van der Waals surface area (Å²) in [5, 5.41) is 0. The van der Waals surface area contributed by atoms with Crippen LogP contribution in [0.3, 0.4) is 0 Å². The Bertz CT molecular complexity index is 476. The van der Waals surface area contributed by atoms with Gasteiger partial charge >= 0.3 is 0 Å². The van der Waals surface area contributed by atoms with E-state index >= 15 is 0 Å². The van der Waals surface area contributed by atoms with Crippen molar-refractivity contribution in [3.05, 3.63) is 22.4 Å². The summed E-state index contributed by atoms with van der Waals surface area (Å²) < 4.78 is 1.50. The Balaban J connectivity index is 3.58. The first kappa shape index (κ1) is 11.3. The molecule has 80 valence electrons. The van der Waals surface area contributed by atoms with Crippen molar-refractivity contribution < 1.29 is 4.79 Å². The highest BCUT2D eigenvalue weighted by molar-refractivity contribution is 5.46. The first-order valence-corrected chi connectivity index (χ1v) is 4.55. The molecule has 1 aromatic heterocycles. The molecule has 0 saturated heterocycles. The van der Waals surface area contributed by atoms with Crippen molar-refractivity contribution in [3.63, 3.8) is 0 Å². The molecule has 5 nitrogen and oxygen atoms in total. The largest absolute Gasteiger partial charge is 0.290 e. The lowest BCUT2D eigenvalue weighted by atomic mass is 10.1. The molecule has 0 fully saturated rings. The predicted octanol–water partition coefficient (Wildman–Crippen LogP) is 1.27. The number of aliphatic imine (C=N–C) groups is 1. The van der Waals surface area contributed by atoms with Crippen molar-refractivity contribution in [1.29, 1.82) is 0 Å². The number of nitrogens with zero attached hydrogens (tertiary/aromatic N) is 3. The summed E-state index contributed by atoms with van der Waals surface area (Å²) in [5.74, 6) is 0.595. The Morgan fingerprint density at radius 2 is 2.07 bits per heavy atom. The highest BCUT2D eigenvalue weighted by Crippen LogP contribution is 2.14. The third-order valence-corrected chi connectivity index (χ3v) is 1.96. The van der Waals surface area contributed by atoms with Crippen molar-refractivity contribution in [2.75, 3.05) is 0 Å². The van der Waals surface area contributed by atoms with Crippen LogP contribution in [0.25, 0.3) is 0 Å². The van der Waals surface area contributed by atoms with Gasteiger partial charge in [-0.15, -0.1) is 0 Å². The first-order chi connectivity index (χ1) is 6.88. The van der Waals surface area contributed by atoms with Crippen molar-refractivity contribution in [1.82, 2.24) is 9.55 Å². The average molecular weight is 207 g/mol. The van der Waals surface area contributed by atoms with E-state index in [4.69, 9.17) is 0 Å². The third-order valence-electron chi connectivity index (χ3n) is 1.96. The van der Waals surface area contributed by atoms with Crippen molar-refractivity contribution >= 4 is 11.8 Å². The van der Waals surface area contributed by atoms with Crippen LogP contribution in [0.2, 0.25) is 0 Å². The number of aryl methyl sites for hydroxylation is 1. The molecular formula is C10H13N3O2. The third kappa shape index (κ3) is 2.19. The molecule has 0 aliphatic carbocycles. The second-order valence-corrected chi connectivity index (χ2v) is 4.21. The highest BCUT2D eigenvalue weighted by atomic mass is 16.1. The van der Waals surface area contributed by atoms with Gasteiger partial charge in [-0.1, -0.05) is 0 Å². The van der Waals surface area contributed by atoms with Crippen LogP contribution < -0.4 is 5.56 Å². The summed E-state index contributed by atoms with van der Waals surface area (Å²) in [6, 6.07) is 0. The lowest BCUT2D eigenvalue weighted by molar-refractivity contribution is 0.370. The van der Waals surface area contributed by atoms with Gasteiger partial charge in [0, 0.05) is 5.54 Å². The molecule has 15 heavy (non-hydrogen) atoms. The normalized spacial score (nSPS) is 10.9. The number of rotatable bonds is 1. The summed E-state index contributed by atoms with van der Waals surface area (Å²) in [6.07, 6.45) is 2.63. The highest BCUT2D eigenvalue weighted by Gasteiger charge is 2.19. The van der Waals surface area contributed by atoms with Crippen LogP contribution in [0.4, 0.5) is 5.69 Å². The van der Waals surface area contributed by atoms with Gasteiger partial charge in [-0.3, -0.25) is 9.36 Å². The van der Waals surface area contributed by atoms with Gasteiger partial charge in [0.2, 0.25) is 6.08 Å². The van der Waals surface area contributed by atoms with Crippen LogP contribution in [-0.4, -0.2) is 15.6 Å². The fraction of sp³-hybridized carbons (Fsp3) is 0.500. The fourth-order valence-corrected chi connectivity index (χ4v) is 1.44. The molecule has 1 aromatic rings. The van der Waals surface area contributed by atoms with Gasteiger partial charge in [-0.2, -0.15) is 4.99 Å². The zero-order valence-electron chi connectivity index (χ0n) is 9.24. The first-order valence-electron chi connectivity index (χ1n) is 4.55. The van der Waals surface area contributed by atoms with Crippen LogP contribution in [0.5, 0.6) is 0 Å². The van der Waals surface area contributed by atoms with Gasteiger partial charge in [-0.25, -0.2) is 9.78 Å². The molecule has 1 rings (SSSR count). The monoisotopic (exact) mass is 207 g/mol. The molecule has 0 unspecified atom stereocenters. The Kier molecular flexibility index (Phi) is 2.86. The fourth-order valence-electron chi connectivity index (χ4n) is 1.44. The van der Waals surface area contributed by atoms with E-state index in [0.717, 1.165) is 0 Å². The van der Waals surface area contributed by atoms with E-state index < -0.39 is 0 Å². The van der Waals surface area contributed by atoms with Crippen LogP contribution in [0, 0.1) is 6.92 Å². The summed E-state index contributed by atoms with van der Waals surface area (Å²) in [6.45, 7) is 7.40. The molecule has 0 radical (unpaired) electrons. The number of carbonyl (C=O) groups excluding carboxylic acids is 1. The van der Waals surface area contributed by atoms with Crippen LogP contribution in [0.1, 0.15) is 26.6 Å². The topological polar surface area (TPSA) is 64.3 Å². The molecule has 0 amide bonds. The van der Waals surface area contributed by atoms with Crippen molar-refractivity contribution in [3.8, 4) is 0 Å². The maximum atomic E-state index is 11.9. The zero-order valence-corrected chi connectivity index (χ0v) is 9.24. The van der Waals surface area contributed by atoms with Crippen LogP contribution in [0.15, 0.2) is 16.0 Å². The molecule has 0 atom stereocenters. The summed E-state index contributed by atoms with van der Waals surface area (Å²) in [4.78, 5) is 29.3. The van der Waals surface area contributed by atoms with E-state index in [2.05, 4.69) is 9.98 Å². The molecule has 0 saturated carbocycles. The summed E-state index contributed by atoms with van der Waals surface area (Å²) >= 11 is 0. The van der Waals surface area contributed by atoms with E-state index in [0.29, 0.717) is 5.82 Å². The van der Waals surface area contributed by atoms with E-state index in [9.17, 15) is 9.59 Å². The number of hydrogen-bond acceptors (Lipinski definition) is 4. The number of aromatic nitrogens is 2. The molecule has 5 heteroatoms. The molecule has 0 aliphatic heterocycles. The zero-order chi connectivity index (χ0) is 11.6. The Morgan fingerprint density at radius 1 is 1.47 bits per heavy atom. The second kappa shape index (κ2) is 3.79. The Morgan fingerprint density at radius 3 is 2.53 bits per heavy atom. The molecule has 0 aliphatic rings. The number of hydrogen-bond donors (Lipinski definition) is 0. The van der Waals surface area contributed by atoms with E-state index in [1.807, 2.05) is 20.8 Å².